The van der Waals surface area contributed by atoms with Crippen molar-refractivity contribution in [2.75, 3.05) is 0 Å². The molecular weight excluding hydrogens is 240 g/mol. The quantitative estimate of drug-likeness (QED) is 0.905. The molecule has 1 aromatic heterocycles. The van der Waals surface area contributed by atoms with Gasteiger partial charge in [-0.15, -0.1) is 11.3 Å². The molecule has 86 valence electrons. The van der Waals surface area contributed by atoms with E-state index >= 15 is 0 Å². The fourth-order valence-electron chi connectivity index (χ4n) is 1.64. The second kappa shape index (κ2) is 5.13. The molecule has 0 saturated heterocycles. The molecule has 0 spiro atoms. The molecule has 2 nitrogen and oxygen atoms in total. The van der Waals surface area contributed by atoms with Crippen molar-refractivity contribution in [1.82, 2.24) is 4.98 Å². The van der Waals surface area contributed by atoms with Crippen LogP contribution in [0.5, 0.6) is 0 Å². The molecule has 1 atom stereocenters. The number of hydrogen-bond acceptors (Lipinski definition) is 3. The number of aryl methyl sites for hydroxylation is 1. The van der Waals surface area contributed by atoms with Crippen LogP contribution in [0.15, 0.2) is 18.2 Å². The van der Waals surface area contributed by atoms with Crippen molar-refractivity contribution in [3.05, 3.63) is 28.2 Å². The fraction of sp³-hybridized carbons (Fsp3) is 0.417. The fourth-order valence-corrected chi connectivity index (χ4v) is 2.94. The number of nitrogens with two attached hydrogens (primary N) is 1. The minimum atomic E-state index is 0.276. The van der Waals surface area contributed by atoms with Gasteiger partial charge in [-0.1, -0.05) is 17.7 Å². The molecule has 1 aromatic carbocycles. The highest BCUT2D eigenvalue weighted by Crippen LogP contribution is 2.29. The van der Waals surface area contributed by atoms with Crippen LogP contribution in [-0.2, 0) is 6.42 Å². The number of fused-ring (bicyclic) bond motifs is 1. The summed E-state index contributed by atoms with van der Waals surface area (Å²) in [6, 6.07) is 6.13. The monoisotopic (exact) mass is 254 g/mol. The van der Waals surface area contributed by atoms with Gasteiger partial charge in [0, 0.05) is 6.04 Å². The Bertz CT molecular complexity index is 479. The Hall–Kier alpha value is -0.640. The van der Waals surface area contributed by atoms with Crippen LogP contribution in [0.25, 0.3) is 10.2 Å². The summed E-state index contributed by atoms with van der Waals surface area (Å²) in [6.45, 7) is 2.04. The van der Waals surface area contributed by atoms with Crippen molar-refractivity contribution >= 4 is 33.2 Å². The first-order valence-electron chi connectivity index (χ1n) is 5.46. The lowest BCUT2D eigenvalue weighted by Gasteiger charge is -2.01. The summed E-state index contributed by atoms with van der Waals surface area (Å²) in [5, 5.41) is 1.96. The first-order valence-corrected chi connectivity index (χ1v) is 6.66. The van der Waals surface area contributed by atoms with Gasteiger partial charge in [0.15, 0.2) is 0 Å². The van der Waals surface area contributed by atoms with Crippen LogP contribution in [0.3, 0.4) is 0 Å². The van der Waals surface area contributed by atoms with Crippen LogP contribution in [-0.4, -0.2) is 11.0 Å². The van der Waals surface area contributed by atoms with Gasteiger partial charge >= 0.3 is 0 Å². The van der Waals surface area contributed by atoms with Gasteiger partial charge in [0.2, 0.25) is 0 Å². The third-order valence-electron chi connectivity index (χ3n) is 2.46. The molecule has 1 heterocycles. The molecule has 0 radical (unpaired) electrons. The van der Waals surface area contributed by atoms with Gasteiger partial charge in [-0.3, -0.25) is 0 Å². The number of thiazole rings is 1. The van der Waals surface area contributed by atoms with Crippen molar-refractivity contribution in [3.8, 4) is 0 Å². The second-order valence-corrected chi connectivity index (χ2v) is 5.56. The highest BCUT2D eigenvalue weighted by Gasteiger charge is 2.06. The lowest BCUT2D eigenvalue weighted by molar-refractivity contribution is 0.623. The Balaban J connectivity index is 2.11. The number of nitrogens with zero attached hydrogens (tertiary/aromatic N) is 1. The summed E-state index contributed by atoms with van der Waals surface area (Å²) in [4.78, 5) is 4.56. The SMILES string of the molecule is CC(N)CCCc1nc2cccc(Cl)c2s1. The lowest BCUT2D eigenvalue weighted by Crippen LogP contribution is -2.14. The Labute approximate surface area is 104 Å². The van der Waals surface area contributed by atoms with E-state index in [4.69, 9.17) is 17.3 Å². The second-order valence-electron chi connectivity index (χ2n) is 4.07. The van der Waals surface area contributed by atoms with Gasteiger partial charge in [0.1, 0.15) is 0 Å². The zero-order valence-corrected chi connectivity index (χ0v) is 10.8. The van der Waals surface area contributed by atoms with Crippen LogP contribution in [0.1, 0.15) is 24.8 Å². The predicted molar refractivity (Wildman–Crippen MR) is 71.2 cm³/mol. The maximum absolute atomic E-state index is 6.11. The molecule has 4 heteroatoms. The van der Waals surface area contributed by atoms with Gasteiger partial charge in [0.25, 0.3) is 0 Å². The maximum atomic E-state index is 6.11. The van der Waals surface area contributed by atoms with E-state index in [1.165, 1.54) is 0 Å². The van der Waals surface area contributed by atoms with E-state index < -0.39 is 0 Å². The molecule has 0 aliphatic heterocycles. The minimum Gasteiger partial charge on any atom is -0.328 e. The van der Waals surface area contributed by atoms with Gasteiger partial charge in [-0.25, -0.2) is 4.98 Å². The number of rotatable bonds is 4. The number of hydrogen-bond donors (Lipinski definition) is 1. The zero-order chi connectivity index (χ0) is 11.5. The van der Waals surface area contributed by atoms with Crippen LogP contribution >= 0.6 is 22.9 Å². The Morgan fingerprint density at radius 2 is 2.31 bits per heavy atom. The summed E-state index contributed by atoms with van der Waals surface area (Å²) in [5.41, 5.74) is 6.73. The molecule has 0 aliphatic carbocycles. The average Bonchev–Trinajstić information content (AvgIpc) is 2.61. The first-order chi connectivity index (χ1) is 7.66. The molecule has 2 rings (SSSR count). The Kier molecular flexibility index (Phi) is 3.79. The number of aromatic nitrogens is 1. The summed E-state index contributed by atoms with van der Waals surface area (Å²) in [5.74, 6) is 0. The summed E-state index contributed by atoms with van der Waals surface area (Å²) in [6.07, 6.45) is 3.13. The molecule has 0 aliphatic rings. The zero-order valence-electron chi connectivity index (χ0n) is 9.24. The van der Waals surface area contributed by atoms with Gasteiger partial charge in [0.05, 0.1) is 20.2 Å². The van der Waals surface area contributed by atoms with Crippen LogP contribution in [0.4, 0.5) is 0 Å². The van der Waals surface area contributed by atoms with Crippen LogP contribution in [0, 0.1) is 0 Å². The molecular formula is C12H15ClN2S. The van der Waals surface area contributed by atoms with Crippen molar-refractivity contribution < 1.29 is 0 Å². The predicted octanol–water partition coefficient (Wildman–Crippen LogP) is 3.62. The van der Waals surface area contributed by atoms with Crippen molar-refractivity contribution in [2.45, 2.75) is 32.2 Å². The molecule has 0 amide bonds. The van der Waals surface area contributed by atoms with Gasteiger partial charge in [-0.05, 0) is 38.3 Å². The summed E-state index contributed by atoms with van der Waals surface area (Å²) in [7, 11) is 0. The molecule has 0 fully saturated rings. The van der Waals surface area contributed by atoms with Gasteiger partial charge < -0.3 is 5.73 Å². The molecule has 2 aromatic rings. The topological polar surface area (TPSA) is 38.9 Å². The molecule has 2 N–H and O–H groups in total. The molecule has 1 unspecified atom stereocenters. The van der Waals surface area contributed by atoms with Crippen molar-refractivity contribution in [1.29, 1.82) is 0 Å². The largest absolute Gasteiger partial charge is 0.328 e. The molecule has 0 bridgehead atoms. The average molecular weight is 255 g/mol. The minimum absolute atomic E-state index is 0.276. The van der Waals surface area contributed by atoms with E-state index in [2.05, 4.69) is 4.98 Å². The highest BCUT2D eigenvalue weighted by atomic mass is 35.5. The number of benzene rings is 1. The standard InChI is InChI=1S/C12H15ClN2S/c1-8(14)4-2-7-11-15-10-6-3-5-9(13)12(10)16-11/h3,5-6,8H,2,4,7,14H2,1H3. The van der Waals surface area contributed by atoms with E-state index in [1.807, 2.05) is 25.1 Å². The van der Waals surface area contributed by atoms with E-state index in [-0.39, 0.29) is 6.04 Å². The summed E-state index contributed by atoms with van der Waals surface area (Å²) >= 11 is 7.80. The number of halogens is 1. The van der Waals surface area contributed by atoms with Crippen molar-refractivity contribution in [2.24, 2.45) is 5.73 Å². The third kappa shape index (κ3) is 2.73. The van der Waals surface area contributed by atoms with Crippen molar-refractivity contribution in [3.63, 3.8) is 0 Å². The lowest BCUT2D eigenvalue weighted by atomic mass is 10.1. The maximum Gasteiger partial charge on any atom is 0.0939 e. The molecule has 16 heavy (non-hydrogen) atoms. The summed E-state index contributed by atoms with van der Waals surface area (Å²) < 4.78 is 1.10. The third-order valence-corrected chi connectivity index (χ3v) is 4.05. The van der Waals surface area contributed by atoms with Crippen LogP contribution in [0.2, 0.25) is 5.02 Å². The first kappa shape index (κ1) is 11.8. The highest BCUT2D eigenvalue weighted by molar-refractivity contribution is 7.19. The van der Waals surface area contributed by atoms with Crippen LogP contribution < -0.4 is 5.73 Å². The van der Waals surface area contributed by atoms with E-state index in [1.54, 1.807) is 11.3 Å². The van der Waals surface area contributed by atoms with E-state index in [0.29, 0.717) is 0 Å². The normalized spacial score (nSPS) is 13.2. The molecule has 0 saturated carbocycles. The van der Waals surface area contributed by atoms with E-state index in [9.17, 15) is 0 Å². The Morgan fingerprint density at radius 1 is 1.50 bits per heavy atom. The van der Waals surface area contributed by atoms with Gasteiger partial charge in [-0.2, -0.15) is 0 Å². The Morgan fingerprint density at radius 3 is 3.00 bits per heavy atom. The van der Waals surface area contributed by atoms with E-state index in [0.717, 1.165) is 39.5 Å². The smallest absolute Gasteiger partial charge is 0.0939 e.